The first-order valence-corrected chi connectivity index (χ1v) is 6.04. The Morgan fingerprint density at radius 2 is 2.10 bits per heavy atom. The Morgan fingerprint density at radius 1 is 1.25 bits per heavy atom. The molecular formula is C14H12N4O2. The van der Waals surface area contributed by atoms with Crippen LogP contribution in [0.5, 0.6) is 0 Å². The number of pyridine rings is 1. The number of methoxy groups -OCH3 is 1. The van der Waals surface area contributed by atoms with Crippen LogP contribution in [-0.2, 0) is 4.74 Å². The lowest BCUT2D eigenvalue weighted by Crippen LogP contribution is -2.06. The Labute approximate surface area is 115 Å². The zero-order valence-electron chi connectivity index (χ0n) is 11.1. The van der Waals surface area contributed by atoms with Gasteiger partial charge in [-0.15, -0.1) is 0 Å². The van der Waals surface area contributed by atoms with Gasteiger partial charge < -0.3 is 4.74 Å². The zero-order chi connectivity index (χ0) is 14.1. The number of carbonyl (C=O) groups excluding carboxylic acids is 1. The van der Waals surface area contributed by atoms with Gasteiger partial charge in [-0.25, -0.2) is 14.8 Å². The van der Waals surface area contributed by atoms with Crippen LogP contribution in [-0.4, -0.2) is 32.4 Å². The van der Waals surface area contributed by atoms with E-state index in [1.807, 2.05) is 25.1 Å². The van der Waals surface area contributed by atoms with Crippen LogP contribution >= 0.6 is 0 Å². The molecule has 0 N–H and O–H groups in total. The first-order valence-electron chi connectivity index (χ1n) is 6.04. The van der Waals surface area contributed by atoms with Gasteiger partial charge in [0.15, 0.2) is 11.3 Å². The van der Waals surface area contributed by atoms with E-state index in [-0.39, 0.29) is 5.69 Å². The Hall–Kier alpha value is -2.76. The number of carbonyl (C=O) groups is 1. The van der Waals surface area contributed by atoms with Crippen LogP contribution in [0.25, 0.3) is 17.0 Å². The number of ether oxygens (including phenoxy) is 1. The topological polar surface area (TPSA) is 69.4 Å². The molecule has 0 atom stereocenters. The Morgan fingerprint density at radius 3 is 2.85 bits per heavy atom. The van der Waals surface area contributed by atoms with E-state index in [4.69, 9.17) is 0 Å². The summed E-state index contributed by atoms with van der Waals surface area (Å²) in [5.41, 5.74) is 3.39. The summed E-state index contributed by atoms with van der Waals surface area (Å²) in [6.07, 6.45) is 4.85. The van der Waals surface area contributed by atoms with Gasteiger partial charge in [-0.3, -0.25) is 9.38 Å². The summed E-state index contributed by atoms with van der Waals surface area (Å²) in [6.45, 7) is 1.92. The molecule has 20 heavy (non-hydrogen) atoms. The normalized spacial score (nSPS) is 10.7. The minimum Gasteiger partial charge on any atom is -0.464 e. The van der Waals surface area contributed by atoms with Gasteiger partial charge in [-0.2, -0.15) is 0 Å². The number of imidazole rings is 1. The molecule has 6 nitrogen and oxygen atoms in total. The minimum atomic E-state index is -0.483. The summed E-state index contributed by atoms with van der Waals surface area (Å²) in [6, 6.07) is 5.75. The maximum absolute atomic E-state index is 11.5. The van der Waals surface area contributed by atoms with Crippen molar-refractivity contribution in [1.82, 2.24) is 19.4 Å². The molecule has 0 aliphatic heterocycles. The zero-order valence-corrected chi connectivity index (χ0v) is 11.1. The van der Waals surface area contributed by atoms with Crippen molar-refractivity contribution in [2.45, 2.75) is 6.92 Å². The van der Waals surface area contributed by atoms with Crippen molar-refractivity contribution in [2.24, 2.45) is 0 Å². The summed E-state index contributed by atoms with van der Waals surface area (Å²) in [7, 11) is 1.32. The molecule has 0 unspecified atom stereocenters. The van der Waals surface area contributed by atoms with Gasteiger partial charge in [-0.05, 0) is 19.1 Å². The number of aryl methyl sites for hydroxylation is 1. The molecule has 0 fully saturated rings. The van der Waals surface area contributed by atoms with Crippen molar-refractivity contribution >= 4 is 11.6 Å². The molecule has 0 amide bonds. The van der Waals surface area contributed by atoms with Gasteiger partial charge in [-0.1, -0.05) is 6.07 Å². The van der Waals surface area contributed by atoms with E-state index in [2.05, 4.69) is 19.7 Å². The van der Waals surface area contributed by atoms with Crippen LogP contribution in [0.4, 0.5) is 0 Å². The predicted molar refractivity (Wildman–Crippen MR) is 72.3 cm³/mol. The van der Waals surface area contributed by atoms with E-state index in [0.717, 1.165) is 17.1 Å². The van der Waals surface area contributed by atoms with E-state index >= 15 is 0 Å². The average molecular weight is 268 g/mol. The Balaban J connectivity index is 2.19. The fourth-order valence-corrected chi connectivity index (χ4v) is 1.97. The van der Waals surface area contributed by atoms with Gasteiger partial charge in [0.1, 0.15) is 0 Å². The number of nitrogens with zero attached hydrogens (tertiary/aromatic N) is 4. The molecule has 0 saturated heterocycles. The Kier molecular flexibility index (Phi) is 2.90. The molecule has 0 saturated carbocycles. The van der Waals surface area contributed by atoms with Crippen LogP contribution in [0.3, 0.4) is 0 Å². The van der Waals surface area contributed by atoms with Gasteiger partial charge in [0.2, 0.25) is 0 Å². The molecule has 100 valence electrons. The van der Waals surface area contributed by atoms with Crippen LogP contribution in [0.15, 0.2) is 36.8 Å². The van der Waals surface area contributed by atoms with Crippen molar-refractivity contribution in [1.29, 1.82) is 0 Å². The highest BCUT2D eigenvalue weighted by molar-refractivity contribution is 5.87. The van der Waals surface area contributed by atoms with Gasteiger partial charge in [0.25, 0.3) is 0 Å². The molecular weight excluding hydrogens is 256 g/mol. The number of aromatic nitrogens is 4. The summed E-state index contributed by atoms with van der Waals surface area (Å²) >= 11 is 0. The van der Waals surface area contributed by atoms with Gasteiger partial charge in [0.05, 0.1) is 30.9 Å². The first kappa shape index (κ1) is 12.3. The van der Waals surface area contributed by atoms with Crippen molar-refractivity contribution in [3.63, 3.8) is 0 Å². The fraction of sp³-hybridized carbons (Fsp3) is 0.143. The fourth-order valence-electron chi connectivity index (χ4n) is 1.97. The number of fused-ring (bicyclic) bond motifs is 1. The lowest BCUT2D eigenvalue weighted by Gasteiger charge is -2.04. The number of hydrogen-bond donors (Lipinski definition) is 0. The molecule has 3 aromatic rings. The maximum atomic E-state index is 11.5. The molecule has 3 heterocycles. The third kappa shape index (κ3) is 2.01. The monoisotopic (exact) mass is 268 g/mol. The summed E-state index contributed by atoms with van der Waals surface area (Å²) < 4.78 is 6.45. The van der Waals surface area contributed by atoms with E-state index in [9.17, 15) is 4.79 Å². The lowest BCUT2D eigenvalue weighted by atomic mass is 10.2. The van der Waals surface area contributed by atoms with Crippen molar-refractivity contribution in [3.05, 3.63) is 48.2 Å². The predicted octanol–water partition coefficient (Wildman–Crippen LogP) is 1.89. The molecule has 0 aliphatic carbocycles. The van der Waals surface area contributed by atoms with Crippen LogP contribution in [0.2, 0.25) is 0 Å². The molecule has 0 aromatic carbocycles. The number of esters is 1. The second kappa shape index (κ2) is 4.73. The highest BCUT2D eigenvalue weighted by Gasteiger charge is 2.12. The van der Waals surface area contributed by atoms with Crippen LogP contribution in [0.1, 0.15) is 16.2 Å². The van der Waals surface area contributed by atoms with E-state index in [1.165, 1.54) is 13.3 Å². The quantitative estimate of drug-likeness (QED) is 0.664. The Bertz CT molecular complexity index is 795. The van der Waals surface area contributed by atoms with E-state index in [1.54, 1.807) is 16.8 Å². The summed E-state index contributed by atoms with van der Waals surface area (Å²) in [4.78, 5) is 24.3. The smallest absolute Gasteiger partial charge is 0.358 e. The largest absolute Gasteiger partial charge is 0.464 e. The second-order valence-corrected chi connectivity index (χ2v) is 4.30. The van der Waals surface area contributed by atoms with Gasteiger partial charge >= 0.3 is 5.97 Å². The minimum absolute atomic E-state index is 0.229. The molecule has 0 aliphatic rings. The maximum Gasteiger partial charge on any atom is 0.358 e. The lowest BCUT2D eigenvalue weighted by molar-refractivity contribution is 0.0593. The SMILES string of the molecule is COC(=O)c1cn2c(-c3cccc(C)n3)cnc2cn1. The molecule has 3 aromatic heterocycles. The highest BCUT2D eigenvalue weighted by atomic mass is 16.5. The number of hydrogen-bond acceptors (Lipinski definition) is 5. The molecule has 0 bridgehead atoms. The second-order valence-electron chi connectivity index (χ2n) is 4.30. The van der Waals surface area contributed by atoms with Crippen LogP contribution < -0.4 is 0 Å². The molecule has 0 spiro atoms. The highest BCUT2D eigenvalue weighted by Crippen LogP contribution is 2.19. The average Bonchev–Trinajstić information content (AvgIpc) is 2.89. The summed E-state index contributed by atoms with van der Waals surface area (Å²) in [5, 5.41) is 0. The molecule has 0 radical (unpaired) electrons. The van der Waals surface area contributed by atoms with E-state index in [0.29, 0.717) is 5.65 Å². The standard InChI is InChI=1S/C14H12N4O2/c1-9-4-3-5-10(17-9)12-6-16-13-7-15-11(8-18(12)13)14(19)20-2/h3-8H,1-2H3. The van der Waals surface area contributed by atoms with Crippen molar-refractivity contribution in [3.8, 4) is 11.4 Å². The third-order valence-corrected chi connectivity index (χ3v) is 2.94. The van der Waals surface area contributed by atoms with Crippen molar-refractivity contribution in [2.75, 3.05) is 7.11 Å². The number of rotatable bonds is 2. The summed E-state index contributed by atoms with van der Waals surface area (Å²) in [5.74, 6) is -0.483. The first-order chi connectivity index (χ1) is 9.69. The third-order valence-electron chi connectivity index (χ3n) is 2.94. The van der Waals surface area contributed by atoms with Crippen LogP contribution in [0, 0.1) is 6.92 Å². The molecule has 3 rings (SSSR count). The van der Waals surface area contributed by atoms with Crippen molar-refractivity contribution < 1.29 is 9.53 Å². The van der Waals surface area contributed by atoms with Gasteiger partial charge in [0, 0.05) is 11.9 Å². The van der Waals surface area contributed by atoms with E-state index < -0.39 is 5.97 Å². The molecule has 6 heteroatoms.